The minimum Gasteiger partial charge on any atom is -0.462 e. The molecule has 0 saturated carbocycles. The van der Waals surface area contributed by atoms with Crippen LogP contribution in [0.25, 0.3) is 0 Å². The minimum atomic E-state index is -1.76. The molecule has 11 atom stereocenters. The van der Waals surface area contributed by atoms with Gasteiger partial charge in [-0.25, -0.2) is 0 Å². The van der Waals surface area contributed by atoms with E-state index in [1.807, 2.05) is 0 Å². The Bertz CT molecular complexity index is 1070. The third kappa shape index (κ3) is 22.7. The van der Waals surface area contributed by atoms with Crippen LogP contribution in [-0.2, 0) is 38.0 Å². The van der Waals surface area contributed by atoms with Crippen LogP contribution in [0.2, 0.25) is 0 Å². The lowest BCUT2D eigenvalue weighted by atomic mass is 9.98. The largest absolute Gasteiger partial charge is 0.462 e. The number of ether oxygens (including phenoxy) is 6. The highest BCUT2D eigenvalue weighted by Gasteiger charge is 2.47. The van der Waals surface area contributed by atoms with E-state index in [-0.39, 0.29) is 26.1 Å². The lowest BCUT2D eigenvalue weighted by Gasteiger charge is -2.42. The molecule has 2 aliphatic rings. The summed E-state index contributed by atoms with van der Waals surface area (Å²) in [4.78, 5) is 25.5. The summed E-state index contributed by atoms with van der Waals surface area (Å²) in [5.41, 5.74) is 0. The van der Waals surface area contributed by atoms with Crippen LogP contribution < -0.4 is 0 Å². The average Bonchev–Trinajstić information content (AvgIpc) is 3.24. The zero-order valence-electron chi connectivity index (χ0n) is 37.0. The van der Waals surface area contributed by atoms with Crippen molar-refractivity contribution in [2.75, 3.05) is 26.4 Å². The van der Waals surface area contributed by atoms with E-state index in [2.05, 4.69) is 13.8 Å². The van der Waals surface area contributed by atoms with Crippen molar-refractivity contribution in [3.63, 3.8) is 0 Å². The van der Waals surface area contributed by atoms with Gasteiger partial charge in [-0.3, -0.25) is 9.59 Å². The summed E-state index contributed by atoms with van der Waals surface area (Å²) in [7, 11) is 0. The Morgan fingerprint density at radius 2 is 0.850 bits per heavy atom. The number of hydrogen-bond acceptors (Lipinski definition) is 15. The summed E-state index contributed by atoms with van der Waals surface area (Å²) in [6.45, 7) is 2.56. The predicted octanol–water partition coefficient (Wildman–Crippen LogP) is 5.26. The van der Waals surface area contributed by atoms with Crippen LogP contribution in [0.4, 0.5) is 0 Å². The molecule has 2 heterocycles. The number of aliphatic hydroxyl groups is 7. The average molecular weight is 865 g/mol. The molecule has 0 aromatic carbocycles. The highest BCUT2D eigenvalue weighted by molar-refractivity contribution is 5.70. The van der Waals surface area contributed by atoms with Crippen LogP contribution in [0.15, 0.2) is 0 Å². The van der Waals surface area contributed by atoms with Crippen LogP contribution in [0.5, 0.6) is 0 Å². The summed E-state index contributed by atoms with van der Waals surface area (Å²) in [6, 6.07) is 0. The van der Waals surface area contributed by atoms with Gasteiger partial charge in [-0.15, -0.1) is 0 Å². The van der Waals surface area contributed by atoms with E-state index < -0.39 is 92.7 Å². The summed E-state index contributed by atoms with van der Waals surface area (Å²) >= 11 is 0. The molecule has 354 valence electrons. The van der Waals surface area contributed by atoms with E-state index in [0.29, 0.717) is 12.8 Å². The first-order valence-electron chi connectivity index (χ1n) is 23.6. The molecule has 2 rings (SSSR count). The molecule has 0 radical (unpaired) electrons. The van der Waals surface area contributed by atoms with Crippen LogP contribution in [0.1, 0.15) is 181 Å². The Labute approximate surface area is 359 Å². The van der Waals surface area contributed by atoms with Gasteiger partial charge in [0.05, 0.1) is 19.8 Å². The van der Waals surface area contributed by atoms with Crippen molar-refractivity contribution in [1.82, 2.24) is 0 Å². The van der Waals surface area contributed by atoms with Crippen molar-refractivity contribution in [3.8, 4) is 0 Å². The molecule has 0 aromatic rings. The summed E-state index contributed by atoms with van der Waals surface area (Å²) in [5, 5.41) is 71.8. The molecule has 7 N–H and O–H groups in total. The first-order valence-corrected chi connectivity index (χ1v) is 23.6. The maximum absolute atomic E-state index is 12.9. The van der Waals surface area contributed by atoms with Gasteiger partial charge in [-0.2, -0.15) is 0 Å². The molecular formula is C45H84O15. The second kappa shape index (κ2) is 34.0. The van der Waals surface area contributed by atoms with Crippen molar-refractivity contribution in [2.24, 2.45) is 0 Å². The Balaban J connectivity index is 1.80. The Morgan fingerprint density at radius 1 is 0.467 bits per heavy atom. The fourth-order valence-electron chi connectivity index (χ4n) is 7.63. The van der Waals surface area contributed by atoms with Gasteiger partial charge < -0.3 is 64.2 Å². The normalized spacial score (nSPS) is 27.5. The molecule has 2 fully saturated rings. The van der Waals surface area contributed by atoms with Crippen molar-refractivity contribution >= 4 is 11.9 Å². The molecule has 15 heteroatoms. The predicted molar refractivity (Wildman–Crippen MR) is 225 cm³/mol. The Kier molecular flexibility index (Phi) is 30.9. The number of carbonyl (C=O) groups excluding carboxylic acids is 2. The first-order chi connectivity index (χ1) is 29.0. The summed E-state index contributed by atoms with van der Waals surface area (Å²) < 4.78 is 33.4. The van der Waals surface area contributed by atoms with E-state index in [0.717, 1.165) is 38.5 Å². The van der Waals surface area contributed by atoms with Crippen LogP contribution in [-0.4, -0.2) is 142 Å². The number of carbonyl (C=O) groups is 2. The lowest BCUT2D eigenvalue weighted by molar-refractivity contribution is -0.332. The topological polar surface area (TPSA) is 231 Å². The van der Waals surface area contributed by atoms with Gasteiger partial charge in [0.15, 0.2) is 18.7 Å². The Hall–Kier alpha value is -1.50. The second-order valence-electron chi connectivity index (χ2n) is 17.0. The first kappa shape index (κ1) is 54.6. The number of unbranched alkanes of at least 4 members (excludes halogenated alkanes) is 22. The molecule has 0 spiro atoms. The maximum atomic E-state index is 12.9. The van der Waals surface area contributed by atoms with Crippen LogP contribution in [0.3, 0.4) is 0 Å². The highest BCUT2D eigenvalue weighted by atomic mass is 16.7. The molecule has 60 heavy (non-hydrogen) atoms. The van der Waals surface area contributed by atoms with Gasteiger partial charge in [0, 0.05) is 12.8 Å². The Morgan fingerprint density at radius 3 is 1.30 bits per heavy atom. The molecule has 2 saturated heterocycles. The van der Waals surface area contributed by atoms with E-state index >= 15 is 0 Å². The second-order valence-corrected chi connectivity index (χ2v) is 17.0. The molecular weight excluding hydrogens is 780 g/mol. The lowest BCUT2D eigenvalue weighted by Crippen LogP contribution is -2.61. The smallest absolute Gasteiger partial charge is 0.306 e. The third-order valence-electron chi connectivity index (χ3n) is 11.6. The van der Waals surface area contributed by atoms with Crippen molar-refractivity contribution < 1.29 is 73.8 Å². The van der Waals surface area contributed by atoms with E-state index in [4.69, 9.17) is 28.4 Å². The quantitative estimate of drug-likeness (QED) is 0.0315. The number of rotatable bonds is 36. The fourth-order valence-corrected chi connectivity index (χ4v) is 7.63. The van der Waals surface area contributed by atoms with Gasteiger partial charge in [-0.05, 0) is 12.8 Å². The van der Waals surface area contributed by atoms with E-state index in [1.165, 1.54) is 103 Å². The summed E-state index contributed by atoms with van der Waals surface area (Å²) in [6.07, 6.45) is 11.6. The highest BCUT2D eigenvalue weighted by Crippen LogP contribution is 2.26. The minimum absolute atomic E-state index is 0.170. The van der Waals surface area contributed by atoms with Crippen molar-refractivity contribution in [2.45, 2.75) is 248 Å². The van der Waals surface area contributed by atoms with Gasteiger partial charge >= 0.3 is 11.9 Å². The van der Waals surface area contributed by atoms with Gasteiger partial charge in [-0.1, -0.05) is 155 Å². The zero-order valence-corrected chi connectivity index (χ0v) is 37.0. The van der Waals surface area contributed by atoms with Crippen LogP contribution in [0, 0.1) is 0 Å². The van der Waals surface area contributed by atoms with Crippen LogP contribution >= 0.6 is 0 Å². The standard InChI is InChI=1S/C45H84O15/c1-3-5-7-9-11-13-14-15-16-17-18-19-20-22-23-25-27-36(47)55-30-33(58-37(48)28-26-24-21-12-10-8-6-4-2)31-56-44-43(54)41(52)39(50)35(60-44)32-57-45-42(53)40(51)38(49)34(29-46)59-45/h33-35,38-46,49-54H,3-32H2,1-2H3/t33-,34+,35+,38-,39-,40?,41?,42?,43?,44+,45+/m0/s1. The number of hydrogen-bond donors (Lipinski definition) is 7. The summed E-state index contributed by atoms with van der Waals surface area (Å²) in [5.74, 6) is -0.919. The molecule has 0 aliphatic carbocycles. The van der Waals surface area contributed by atoms with E-state index in [9.17, 15) is 45.3 Å². The van der Waals surface area contributed by atoms with Gasteiger partial charge in [0.1, 0.15) is 55.4 Å². The molecule has 15 nitrogen and oxygen atoms in total. The number of esters is 2. The zero-order chi connectivity index (χ0) is 44.0. The monoisotopic (exact) mass is 865 g/mol. The third-order valence-corrected chi connectivity index (χ3v) is 11.6. The maximum Gasteiger partial charge on any atom is 0.306 e. The van der Waals surface area contributed by atoms with Gasteiger partial charge in [0.25, 0.3) is 0 Å². The van der Waals surface area contributed by atoms with Crippen molar-refractivity contribution in [1.29, 1.82) is 0 Å². The number of aliphatic hydroxyl groups excluding tert-OH is 7. The van der Waals surface area contributed by atoms with Gasteiger partial charge in [0.2, 0.25) is 0 Å². The molecule has 0 bridgehead atoms. The molecule has 0 amide bonds. The molecule has 0 aromatic heterocycles. The fraction of sp³-hybridized carbons (Fsp3) is 0.956. The SMILES string of the molecule is CCCCCCCCCCCCCCCCCCC(=O)OC[C@@H](CO[C@@H]1O[C@H](CO[C@@H]2O[C@H](CO)[C@H](O)C(O)C2O)[C@H](O)C(O)C1O)OC(=O)CCCCCCCCCC. The van der Waals surface area contributed by atoms with Crippen molar-refractivity contribution in [3.05, 3.63) is 0 Å². The molecule has 2 aliphatic heterocycles. The molecule has 4 unspecified atom stereocenters. The van der Waals surface area contributed by atoms with E-state index in [1.54, 1.807) is 0 Å².